The van der Waals surface area contributed by atoms with Gasteiger partial charge in [0.1, 0.15) is 16.5 Å². The number of carbonyl (C=O) groups is 1. The van der Waals surface area contributed by atoms with Gasteiger partial charge in [0.2, 0.25) is 0 Å². The van der Waals surface area contributed by atoms with Gasteiger partial charge < -0.3 is 19.7 Å². The number of amides is 1. The molecule has 0 saturated carbocycles. The van der Waals surface area contributed by atoms with Crippen LogP contribution in [0.15, 0.2) is 71.6 Å². The second-order valence-corrected chi connectivity index (χ2v) is 9.72. The van der Waals surface area contributed by atoms with E-state index < -0.39 is 21.7 Å². The van der Waals surface area contributed by atoms with Gasteiger partial charge in [-0.1, -0.05) is 29.8 Å². The summed E-state index contributed by atoms with van der Waals surface area (Å²) >= 11 is 6.15. The van der Waals surface area contributed by atoms with Crippen molar-refractivity contribution in [3.05, 3.63) is 77.6 Å². The molecule has 4 rings (SSSR count). The van der Waals surface area contributed by atoms with Crippen LogP contribution in [0.1, 0.15) is 0 Å². The fourth-order valence-electron chi connectivity index (χ4n) is 3.52. The standard InChI is InChI=1S/C24H23ClFN3O5S/c25-20-6-1-2-7-21(20)28-35(31,32)23-15-18(8-9-22(23)29-10-12-33-13-11-29)27-24(30)16-34-19-5-3-4-17(26)14-19/h1-9,14-15,28H,10-13,16H2,(H,27,30). The van der Waals surface area contributed by atoms with E-state index in [1.807, 2.05) is 4.90 Å². The lowest BCUT2D eigenvalue weighted by molar-refractivity contribution is -0.118. The number of anilines is 3. The summed E-state index contributed by atoms with van der Waals surface area (Å²) < 4.78 is 53.3. The Bertz CT molecular complexity index is 1320. The summed E-state index contributed by atoms with van der Waals surface area (Å²) in [7, 11) is -4.08. The third kappa shape index (κ3) is 6.41. The number of para-hydroxylation sites is 1. The van der Waals surface area contributed by atoms with Crippen molar-refractivity contribution in [1.29, 1.82) is 0 Å². The van der Waals surface area contributed by atoms with Gasteiger partial charge in [-0.05, 0) is 42.5 Å². The molecule has 8 nitrogen and oxygen atoms in total. The first-order valence-electron chi connectivity index (χ1n) is 10.7. The van der Waals surface area contributed by atoms with Crippen LogP contribution in [0.3, 0.4) is 0 Å². The molecule has 3 aromatic carbocycles. The van der Waals surface area contributed by atoms with Gasteiger partial charge in [-0.25, -0.2) is 12.8 Å². The Morgan fingerprint density at radius 3 is 2.57 bits per heavy atom. The highest BCUT2D eigenvalue weighted by molar-refractivity contribution is 7.93. The van der Waals surface area contributed by atoms with E-state index >= 15 is 0 Å². The molecule has 0 bridgehead atoms. The minimum atomic E-state index is -4.08. The van der Waals surface area contributed by atoms with Crippen molar-refractivity contribution in [1.82, 2.24) is 0 Å². The summed E-state index contributed by atoms with van der Waals surface area (Å²) in [6, 6.07) is 16.6. The molecule has 1 aliphatic heterocycles. The van der Waals surface area contributed by atoms with E-state index in [1.54, 1.807) is 36.4 Å². The number of morpholine rings is 1. The number of ether oxygens (including phenoxy) is 2. The number of hydrogen-bond donors (Lipinski definition) is 2. The smallest absolute Gasteiger partial charge is 0.264 e. The van der Waals surface area contributed by atoms with Gasteiger partial charge in [0.05, 0.1) is 29.6 Å². The molecule has 1 fully saturated rings. The fraction of sp³-hybridized carbons (Fsp3) is 0.208. The summed E-state index contributed by atoms with van der Waals surface area (Å²) in [5.74, 6) is -0.812. The number of halogens is 2. The quantitative estimate of drug-likeness (QED) is 0.464. The van der Waals surface area contributed by atoms with Crippen molar-refractivity contribution in [2.24, 2.45) is 0 Å². The first kappa shape index (κ1) is 24.8. The summed E-state index contributed by atoms with van der Waals surface area (Å²) in [5.41, 5.74) is 0.969. The number of nitrogens with one attached hydrogen (secondary N) is 2. The normalized spacial score (nSPS) is 13.8. The second-order valence-electron chi connectivity index (χ2n) is 7.66. The Labute approximate surface area is 207 Å². The Balaban J connectivity index is 1.58. The molecule has 1 amide bonds. The predicted molar refractivity (Wildman–Crippen MR) is 132 cm³/mol. The van der Waals surface area contributed by atoms with Crippen molar-refractivity contribution in [2.75, 3.05) is 47.8 Å². The molecule has 0 radical (unpaired) electrons. The molecule has 0 spiro atoms. The average molecular weight is 520 g/mol. The Kier molecular flexibility index (Phi) is 7.74. The molecule has 0 unspecified atom stereocenters. The Hall–Kier alpha value is -3.34. The van der Waals surface area contributed by atoms with Crippen molar-refractivity contribution in [2.45, 2.75) is 4.90 Å². The van der Waals surface area contributed by atoms with Crippen LogP contribution in [0.25, 0.3) is 0 Å². The van der Waals surface area contributed by atoms with E-state index in [1.165, 1.54) is 24.3 Å². The number of sulfonamides is 1. The van der Waals surface area contributed by atoms with Crippen molar-refractivity contribution < 1.29 is 27.1 Å². The molecule has 0 aliphatic carbocycles. The zero-order valence-corrected chi connectivity index (χ0v) is 20.1. The summed E-state index contributed by atoms with van der Waals surface area (Å²) in [5, 5.41) is 2.88. The van der Waals surface area contributed by atoms with Crippen LogP contribution in [0, 0.1) is 5.82 Å². The van der Waals surface area contributed by atoms with Crippen LogP contribution >= 0.6 is 11.6 Å². The molecular formula is C24H23ClFN3O5S. The maximum absolute atomic E-state index is 13.4. The molecule has 1 saturated heterocycles. The van der Waals surface area contributed by atoms with Gasteiger partial charge in [-0.3, -0.25) is 9.52 Å². The van der Waals surface area contributed by atoms with Gasteiger partial charge >= 0.3 is 0 Å². The van der Waals surface area contributed by atoms with Gasteiger partial charge in [-0.2, -0.15) is 0 Å². The molecule has 184 valence electrons. The van der Waals surface area contributed by atoms with E-state index in [0.717, 1.165) is 6.07 Å². The number of rotatable bonds is 8. The van der Waals surface area contributed by atoms with Crippen molar-refractivity contribution >= 4 is 44.6 Å². The van der Waals surface area contributed by atoms with Crippen LogP contribution in [0.5, 0.6) is 5.75 Å². The van der Waals surface area contributed by atoms with E-state index in [-0.39, 0.29) is 33.6 Å². The first-order valence-corrected chi connectivity index (χ1v) is 12.6. The van der Waals surface area contributed by atoms with Crippen LogP contribution < -0.4 is 19.7 Å². The second kappa shape index (κ2) is 10.9. The van der Waals surface area contributed by atoms with Gasteiger partial charge in [0, 0.05) is 24.8 Å². The summed E-state index contributed by atoms with van der Waals surface area (Å²) in [6.07, 6.45) is 0. The molecule has 0 atom stereocenters. The van der Waals surface area contributed by atoms with Crippen molar-refractivity contribution in [3.63, 3.8) is 0 Å². The molecule has 1 aliphatic rings. The lowest BCUT2D eigenvalue weighted by atomic mass is 10.2. The minimum Gasteiger partial charge on any atom is -0.484 e. The maximum Gasteiger partial charge on any atom is 0.264 e. The van der Waals surface area contributed by atoms with Gasteiger partial charge in [0.15, 0.2) is 6.61 Å². The highest BCUT2D eigenvalue weighted by Crippen LogP contribution is 2.32. The Morgan fingerprint density at radius 2 is 1.83 bits per heavy atom. The first-order chi connectivity index (χ1) is 16.8. The number of hydrogen-bond acceptors (Lipinski definition) is 6. The lowest BCUT2D eigenvalue weighted by Crippen LogP contribution is -2.37. The van der Waals surface area contributed by atoms with E-state index in [9.17, 15) is 17.6 Å². The molecule has 1 heterocycles. The van der Waals surface area contributed by atoms with E-state index in [2.05, 4.69) is 10.0 Å². The maximum atomic E-state index is 13.4. The highest BCUT2D eigenvalue weighted by Gasteiger charge is 2.25. The lowest BCUT2D eigenvalue weighted by Gasteiger charge is -2.30. The number of benzene rings is 3. The van der Waals surface area contributed by atoms with Gasteiger partial charge in [-0.15, -0.1) is 0 Å². The fourth-order valence-corrected chi connectivity index (χ4v) is 5.09. The topological polar surface area (TPSA) is 97.0 Å². The van der Waals surface area contributed by atoms with Crippen LogP contribution in [-0.4, -0.2) is 47.2 Å². The largest absolute Gasteiger partial charge is 0.484 e. The SMILES string of the molecule is O=C(COc1cccc(F)c1)Nc1ccc(N2CCOCC2)c(S(=O)(=O)Nc2ccccc2Cl)c1. The third-order valence-corrected chi connectivity index (χ3v) is 6.89. The molecule has 2 N–H and O–H groups in total. The predicted octanol–water partition coefficient (Wildman–Crippen LogP) is 4.13. The summed E-state index contributed by atoms with van der Waals surface area (Å²) in [6.45, 7) is 1.58. The summed E-state index contributed by atoms with van der Waals surface area (Å²) in [4.78, 5) is 14.3. The van der Waals surface area contributed by atoms with E-state index in [0.29, 0.717) is 32.0 Å². The van der Waals surface area contributed by atoms with Gasteiger partial charge in [0.25, 0.3) is 15.9 Å². The average Bonchev–Trinajstić information content (AvgIpc) is 2.85. The molecule has 0 aromatic heterocycles. The van der Waals surface area contributed by atoms with Crippen LogP contribution in [-0.2, 0) is 19.6 Å². The van der Waals surface area contributed by atoms with Crippen LogP contribution in [0.4, 0.5) is 21.5 Å². The monoisotopic (exact) mass is 519 g/mol. The molecular weight excluding hydrogens is 497 g/mol. The zero-order chi connectivity index (χ0) is 24.8. The Morgan fingerprint density at radius 1 is 1.06 bits per heavy atom. The third-order valence-electron chi connectivity index (χ3n) is 5.17. The minimum absolute atomic E-state index is 0.0248. The molecule has 35 heavy (non-hydrogen) atoms. The number of carbonyl (C=O) groups excluding carboxylic acids is 1. The highest BCUT2D eigenvalue weighted by atomic mass is 35.5. The molecule has 3 aromatic rings. The van der Waals surface area contributed by atoms with E-state index in [4.69, 9.17) is 21.1 Å². The number of nitrogens with zero attached hydrogens (tertiary/aromatic N) is 1. The zero-order valence-electron chi connectivity index (χ0n) is 18.5. The molecule has 11 heteroatoms. The van der Waals surface area contributed by atoms with Crippen molar-refractivity contribution in [3.8, 4) is 5.75 Å². The van der Waals surface area contributed by atoms with Crippen LogP contribution in [0.2, 0.25) is 5.02 Å².